The number of amides is 1. The summed E-state index contributed by atoms with van der Waals surface area (Å²) in [4.78, 5) is 28.1. The number of anilines is 1. The van der Waals surface area contributed by atoms with Gasteiger partial charge in [-0.25, -0.2) is 15.0 Å². The number of oxazole rings is 1. The van der Waals surface area contributed by atoms with Gasteiger partial charge in [0.15, 0.2) is 5.89 Å². The van der Waals surface area contributed by atoms with Crippen molar-refractivity contribution in [2.45, 2.75) is 39.7 Å². The summed E-state index contributed by atoms with van der Waals surface area (Å²) < 4.78 is 5.91. The van der Waals surface area contributed by atoms with E-state index in [1.54, 1.807) is 4.90 Å². The fourth-order valence-electron chi connectivity index (χ4n) is 3.48. The highest BCUT2D eigenvalue weighted by Gasteiger charge is 2.28. The molecule has 0 atom stereocenters. The molecule has 1 aliphatic rings. The van der Waals surface area contributed by atoms with Crippen molar-refractivity contribution in [1.82, 2.24) is 19.9 Å². The van der Waals surface area contributed by atoms with Crippen LogP contribution in [-0.4, -0.2) is 32.3 Å². The predicted octanol–water partition coefficient (Wildman–Crippen LogP) is 3.50. The van der Waals surface area contributed by atoms with Crippen molar-refractivity contribution in [1.29, 1.82) is 0 Å². The first-order valence-corrected chi connectivity index (χ1v) is 9.96. The Labute approximate surface area is 170 Å². The lowest BCUT2D eigenvalue weighted by molar-refractivity contribution is 0.0728. The Morgan fingerprint density at radius 1 is 1.24 bits per heavy atom. The van der Waals surface area contributed by atoms with Gasteiger partial charge in [0.2, 0.25) is 5.95 Å². The first-order chi connectivity index (χ1) is 14.0. The molecule has 0 aliphatic carbocycles. The van der Waals surface area contributed by atoms with Gasteiger partial charge >= 0.3 is 0 Å². The van der Waals surface area contributed by atoms with Gasteiger partial charge in [0.25, 0.3) is 5.91 Å². The van der Waals surface area contributed by atoms with Crippen LogP contribution in [0, 0.1) is 5.92 Å². The van der Waals surface area contributed by atoms with Gasteiger partial charge in [0, 0.05) is 31.1 Å². The number of fused-ring (bicyclic) bond motifs is 1. The van der Waals surface area contributed by atoms with Gasteiger partial charge in [0.05, 0.1) is 17.8 Å². The molecule has 7 nitrogen and oxygen atoms in total. The quantitative estimate of drug-likeness (QED) is 0.715. The Hall–Kier alpha value is -3.22. The number of aromatic nitrogens is 3. The lowest BCUT2D eigenvalue weighted by Gasteiger charge is -2.26. The molecule has 0 radical (unpaired) electrons. The van der Waals surface area contributed by atoms with Gasteiger partial charge in [-0.1, -0.05) is 44.2 Å². The summed E-state index contributed by atoms with van der Waals surface area (Å²) in [5.41, 5.74) is 8.46. The number of nitrogens with zero attached hydrogens (tertiary/aromatic N) is 4. The lowest BCUT2D eigenvalue weighted by atomic mass is 10.0. The fraction of sp³-hybridized carbons (Fsp3) is 0.364. The van der Waals surface area contributed by atoms with E-state index in [0.717, 1.165) is 35.7 Å². The molecule has 0 spiro atoms. The maximum Gasteiger partial charge on any atom is 0.258 e. The average molecular weight is 391 g/mol. The zero-order valence-electron chi connectivity index (χ0n) is 16.8. The summed E-state index contributed by atoms with van der Waals surface area (Å²) in [6.45, 7) is 5.37. The smallest absolute Gasteiger partial charge is 0.258 e. The number of benzene rings is 1. The van der Waals surface area contributed by atoms with Gasteiger partial charge in [-0.3, -0.25) is 4.79 Å². The molecule has 1 aromatic carbocycles. The van der Waals surface area contributed by atoms with E-state index in [1.807, 2.05) is 30.3 Å². The van der Waals surface area contributed by atoms with Gasteiger partial charge in [-0.2, -0.15) is 0 Å². The Kier molecular flexibility index (Phi) is 5.29. The molecular formula is C22H25N5O2. The van der Waals surface area contributed by atoms with E-state index in [4.69, 9.17) is 10.2 Å². The zero-order chi connectivity index (χ0) is 20.4. The first kappa shape index (κ1) is 19.1. The normalized spacial score (nSPS) is 13.6. The number of carbonyl (C=O) groups is 1. The SMILES string of the molecule is CC(C)CCc1nc2c(o1)CCN(C(=O)c1cnc(N)nc1-c1ccccc1)C2. The number of nitrogen functional groups attached to an aromatic ring is 1. The van der Waals surface area contributed by atoms with Crippen molar-refractivity contribution in [3.05, 3.63) is 59.4 Å². The molecule has 4 rings (SSSR count). The second-order valence-corrected chi connectivity index (χ2v) is 7.74. The van der Waals surface area contributed by atoms with E-state index in [2.05, 4.69) is 28.8 Å². The Morgan fingerprint density at radius 3 is 2.79 bits per heavy atom. The molecular weight excluding hydrogens is 366 g/mol. The third kappa shape index (κ3) is 4.13. The molecule has 1 aliphatic heterocycles. The van der Waals surface area contributed by atoms with E-state index in [9.17, 15) is 4.79 Å². The van der Waals surface area contributed by atoms with Crippen molar-refractivity contribution in [2.75, 3.05) is 12.3 Å². The minimum atomic E-state index is -0.124. The van der Waals surface area contributed by atoms with Gasteiger partial charge in [0.1, 0.15) is 11.5 Å². The van der Waals surface area contributed by atoms with E-state index < -0.39 is 0 Å². The molecule has 0 unspecified atom stereocenters. The summed E-state index contributed by atoms with van der Waals surface area (Å²) in [6.07, 6.45) is 4.03. The van der Waals surface area contributed by atoms with Crippen LogP contribution in [-0.2, 0) is 19.4 Å². The molecule has 150 valence electrons. The van der Waals surface area contributed by atoms with Crippen molar-refractivity contribution in [3.63, 3.8) is 0 Å². The largest absolute Gasteiger partial charge is 0.445 e. The maximum absolute atomic E-state index is 13.3. The molecule has 0 saturated heterocycles. The summed E-state index contributed by atoms with van der Waals surface area (Å²) in [6, 6.07) is 9.55. The number of carbonyl (C=O) groups excluding carboxylic acids is 1. The topological polar surface area (TPSA) is 98.1 Å². The molecule has 2 aromatic heterocycles. The summed E-state index contributed by atoms with van der Waals surface area (Å²) in [7, 11) is 0. The number of aryl methyl sites for hydroxylation is 1. The minimum absolute atomic E-state index is 0.124. The van der Waals surface area contributed by atoms with E-state index in [0.29, 0.717) is 36.7 Å². The van der Waals surface area contributed by atoms with Gasteiger partial charge < -0.3 is 15.1 Å². The molecule has 29 heavy (non-hydrogen) atoms. The molecule has 7 heteroatoms. The Balaban J connectivity index is 1.57. The number of rotatable bonds is 5. The van der Waals surface area contributed by atoms with Crippen LogP contribution in [0.3, 0.4) is 0 Å². The standard InChI is InChI=1S/C22H25N5O2/c1-14(2)8-9-19-25-17-13-27(11-10-18(17)29-19)21(28)16-12-24-22(23)26-20(16)15-6-4-3-5-7-15/h3-7,12,14H,8-11,13H2,1-2H3,(H2,23,24,26). The fourth-order valence-corrected chi connectivity index (χ4v) is 3.48. The average Bonchev–Trinajstić information content (AvgIpc) is 3.14. The Morgan fingerprint density at radius 2 is 2.03 bits per heavy atom. The van der Waals surface area contributed by atoms with Crippen LogP contribution in [0.4, 0.5) is 5.95 Å². The predicted molar refractivity (Wildman–Crippen MR) is 110 cm³/mol. The van der Waals surface area contributed by atoms with Crippen LogP contribution < -0.4 is 5.73 Å². The highest BCUT2D eigenvalue weighted by atomic mass is 16.4. The van der Waals surface area contributed by atoms with Crippen LogP contribution in [0.15, 0.2) is 40.9 Å². The molecule has 0 saturated carbocycles. The minimum Gasteiger partial charge on any atom is -0.445 e. The van der Waals surface area contributed by atoms with Crippen LogP contribution in [0.5, 0.6) is 0 Å². The number of hydrogen-bond donors (Lipinski definition) is 1. The highest BCUT2D eigenvalue weighted by molar-refractivity contribution is 5.99. The van der Waals surface area contributed by atoms with Crippen molar-refractivity contribution >= 4 is 11.9 Å². The van der Waals surface area contributed by atoms with E-state index in [-0.39, 0.29) is 11.9 Å². The summed E-state index contributed by atoms with van der Waals surface area (Å²) >= 11 is 0. The van der Waals surface area contributed by atoms with Crippen LogP contribution in [0.1, 0.15) is 48.0 Å². The zero-order valence-corrected chi connectivity index (χ0v) is 16.8. The summed E-state index contributed by atoms with van der Waals surface area (Å²) in [5.74, 6) is 2.27. The Bertz CT molecular complexity index is 1010. The summed E-state index contributed by atoms with van der Waals surface area (Å²) in [5, 5.41) is 0. The maximum atomic E-state index is 13.3. The van der Waals surface area contributed by atoms with Crippen molar-refractivity contribution in [2.24, 2.45) is 5.92 Å². The highest BCUT2D eigenvalue weighted by Crippen LogP contribution is 2.26. The number of hydrogen-bond acceptors (Lipinski definition) is 6. The molecule has 2 N–H and O–H groups in total. The van der Waals surface area contributed by atoms with E-state index >= 15 is 0 Å². The molecule has 1 amide bonds. The van der Waals surface area contributed by atoms with Crippen LogP contribution in [0.25, 0.3) is 11.3 Å². The molecule has 3 aromatic rings. The monoisotopic (exact) mass is 391 g/mol. The third-order valence-electron chi connectivity index (χ3n) is 5.08. The first-order valence-electron chi connectivity index (χ1n) is 9.96. The molecule has 0 fully saturated rings. The van der Waals surface area contributed by atoms with E-state index in [1.165, 1.54) is 6.20 Å². The van der Waals surface area contributed by atoms with Crippen molar-refractivity contribution < 1.29 is 9.21 Å². The number of nitrogens with two attached hydrogens (primary N) is 1. The van der Waals surface area contributed by atoms with Gasteiger partial charge in [-0.05, 0) is 12.3 Å². The van der Waals surface area contributed by atoms with Crippen LogP contribution in [0.2, 0.25) is 0 Å². The van der Waals surface area contributed by atoms with Crippen molar-refractivity contribution in [3.8, 4) is 11.3 Å². The second-order valence-electron chi connectivity index (χ2n) is 7.74. The third-order valence-corrected chi connectivity index (χ3v) is 5.08. The van der Waals surface area contributed by atoms with Crippen LogP contribution >= 0.6 is 0 Å². The second kappa shape index (κ2) is 8.03. The lowest BCUT2D eigenvalue weighted by Crippen LogP contribution is -2.36. The molecule has 3 heterocycles. The van der Waals surface area contributed by atoms with Gasteiger partial charge in [-0.15, -0.1) is 0 Å². The molecule has 0 bridgehead atoms.